The third-order valence-corrected chi connectivity index (χ3v) is 4.52. The average molecular weight is 392 g/mol. The molecule has 0 unspecified atom stereocenters. The summed E-state index contributed by atoms with van der Waals surface area (Å²) >= 11 is 0. The van der Waals surface area contributed by atoms with Crippen molar-refractivity contribution in [2.45, 2.75) is 20.3 Å². The van der Waals surface area contributed by atoms with Crippen LogP contribution in [-0.2, 0) is 6.42 Å². The van der Waals surface area contributed by atoms with Crippen molar-refractivity contribution in [3.8, 4) is 11.5 Å². The fourth-order valence-corrected chi connectivity index (χ4v) is 2.96. The van der Waals surface area contributed by atoms with E-state index in [9.17, 15) is 4.79 Å². The van der Waals surface area contributed by atoms with Crippen LogP contribution in [0.25, 0.3) is 0 Å². The van der Waals surface area contributed by atoms with Gasteiger partial charge in [0, 0.05) is 18.0 Å². The molecule has 0 atom stereocenters. The molecule has 0 fully saturated rings. The number of carbonyl (C=O) groups excluding carboxylic acids is 1. The van der Waals surface area contributed by atoms with Gasteiger partial charge in [-0.05, 0) is 42.7 Å². The Morgan fingerprint density at radius 1 is 1.10 bits per heavy atom. The van der Waals surface area contributed by atoms with Gasteiger partial charge in [0.2, 0.25) is 5.95 Å². The lowest BCUT2D eigenvalue weighted by Gasteiger charge is -2.14. The summed E-state index contributed by atoms with van der Waals surface area (Å²) in [5.41, 5.74) is 3.94. The van der Waals surface area contributed by atoms with Gasteiger partial charge in [-0.25, -0.2) is 9.97 Å². The third-order valence-electron chi connectivity index (χ3n) is 4.52. The maximum Gasteiger partial charge on any atom is 0.274 e. The fraction of sp³-hybridized carbons (Fsp3) is 0.227. The second-order valence-corrected chi connectivity index (χ2v) is 6.37. The first-order valence-electron chi connectivity index (χ1n) is 9.27. The van der Waals surface area contributed by atoms with Crippen molar-refractivity contribution < 1.29 is 14.3 Å². The molecule has 3 aromatic rings. The number of nitrogens with one attached hydrogen (secondary N) is 2. The number of hydrogen-bond acceptors (Lipinski definition) is 6. The van der Waals surface area contributed by atoms with E-state index in [1.165, 1.54) is 7.11 Å². The van der Waals surface area contributed by atoms with Gasteiger partial charge >= 0.3 is 0 Å². The number of ether oxygens (including phenoxy) is 2. The Labute approximate surface area is 170 Å². The highest BCUT2D eigenvalue weighted by Crippen LogP contribution is 2.29. The standard InChI is InChI=1S/C22H24N4O3/c1-5-15-8-6-7-14(2)20(15)26-22-23-12-11-17(25-22)21(27)24-18-13-16(28-3)9-10-19(18)29-4/h6-13H,5H2,1-4H3,(H,24,27)(H,23,25,26). The van der Waals surface area contributed by atoms with Gasteiger partial charge in [-0.2, -0.15) is 0 Å². The average Bonchev–Trinajstić information content (AvgIpc) is 2.75. The Morgan fingerprint density at radius 3 is 2.66 bits per heavy atom. The number of carbonyl (C=O) groups is 1. The minimum Gasteiger partial charge on any atom is -0.497 e. The molecule has 0 bridgehead atoms. The summed E-state index contributed by atoms with van der Waals surface area (Å²) in [6, 6.07) is 12.8. The molecule has 1 heterocycles. The SMILES string of the molecule is CCc1cccc(C)c1Nc1nccc(C(=O)Nc2cc(OC)ccc2OC)n1. The van der Waals surface area contributed by atoms with Gasteiger partial charge in [0.1, 0.15) is 17.2 Å². The molecular formula is C22H24N4O3. The Kier molecular flexibility index (Phi) is 6.29. The molecular weight excluding hydrogens is 368 g/mol. The molecule has 0 radical (unpaired) electrons. The van der Waals surface area contributed by atoms with Crippen LogP contribution < -0.4 is 20.1 Å². The van der Waals surface area contributed by atoms with E-state index in [4.69, 9.17) is 9.47 Å². The molecule has 7 heteroatoms. The predicted molar refractivity (Wildman–Crippen MR) is 113 cm³/mol. The van der Waals surface area contributed by atoms with Gasteiger partial charge in [0.15, 0.2) is 0 Å². The lowest BCUT2D eigenvalue weighted by Crippen LogP contribution is -2.15. The highest BCUT2D eigenvalue weighted by Gasteiger charge is 2.14. The summed E-state index contributed by atoms with van der Waals surface area (Å²) in [6.07, 6.45) is 2.43. The molecule has 0 saturated carbocycles. The summed E-state index contributed by atoms with van der Waals surface area (Å²) in [7, 11) is 3.10. The zero-order valence-corrected chi connectivity index (χ0v) is 16.9. The van der Waals surface area contributed by atoms with E-state index in [2.05, 4.69) is 33.6 Å². The van der Waals surface area contributed by atoms with E-state index >= 15 is 0 Å². The van der Waals surface area contributed by atoms with Gasteiger partial charge in [-0.1, -0.05) is 25.1 Å². The number of aromatic nitrogens is 2. The maximum absolute atomic E-state index is 12.8. The van der Waals surface area contributed by atoms with Crippen LogP contribution in [0.1, 0.15) is 28.5 Å². The van der Waals surface area contributed by atoms with Crippen LogP contribution in [0, 0.1) is 6.92 Å². The predicted octanol–water partition coefficient (Wildman–Crippen LogP) is 4.36. The summed E-state index contributed by atoms with van der Waals surface area (Å²) in [4.78, 5) is 21.4. The van der Waals surface area contributed by atoms with Crippen LogP contribution in [0.3, 0.4) is 0 Å². The second-order valence-electron chi connectivity index (χ2n) is 6.37. The van der Waals surface area contributed by atoms with E-state index < -0.39 is 0 Å². The molecule has 0 aliphatic rings. The molecule has 7 nitrogen and oxygen atoms in total. The van der Waals surface area contributed by atoms with Crippen LogP contribution in [0.5, 0.6) is 11.5 Å². The van der Waals surface area contributed by atoms with Crippen molar-refractivity contribution >= 4 is 23.2 Å². The first-order chi connectivity index (χ1) is 14.0. The first-order valence-corrected chi connectivity index (χ1v) is 9.27. The van der Waals surface area contributed by atoms with E-state index in [0.717, 1.165) is 23.2 Å². The zero-order valence-electron chi connectivity index (χ0n) is 16.9. The number of aryl methyl sites for hydroxylation is 2. The molecule has 0 saturated heterocycles. The number of benzene rings is 2. The molecule has 1 amide bonds. The summed E-state index contributed by atoms with van der Waals surface area (Å²) in [5, 5.41) is 6.06. The Morgan fingerprint density at radius 2 is 1.93 bits per heavy atom. The van der Waals surface area contributed by atoms with Gasteiger partial charge in [-0.15, -0.1) is 0 Å². The van der Waals surface area contributed by atoms with Crippen LogP contribution in [-0.4, -0.2) is 30.1 Å². The monoisotopic (exact) mass is 392 g/mol. The van der Waals surface area contributed by atoms with E-state index in [0.29, 0.717) is 23.1 Å². The van der Waals surface area contributed by atoms with Crippen molar-refractivity contribution in [3.05, 3.63) is 65.5 Å². The van der Waals surface area contributed by atoms with Crippen molar-refractivity contribution in [2.24, 2.45) is 0 Å². The molecule has 0 spiro atoms. The van der Waals surface area contributed by atoms with Crippen LogP contribution in [0.2, 0.25) is 0 Å². The lowest BCUT2D eigenvalue weighted by atomic mass is 10.1. The first kappa shape index (κ1) is 20.1. The Balaban J connectivity index is 1.84. The summed E-state index contributed by atoms with van der Waals surface area (Å²) < 4.78 is 10.5. The number of para-hydroxylation sites is 1. The molecule has 29 heavy (non-hydrogen) atoms. The Hall–Kier alpha value is -3.61. The molecule has 1 aromatic heterocycles. The highest BCUT2D eigenvalue weighted by atomic mass is 16.5. The Bertz CT molecular complexity index is 1020. The highest BCUT2D eigenvalue weighted by molar-refractivity contribution is 6.04. The normalized spacial score (nSPS) is 10.3. The van der Waals surface area contributed by atoms with Crippen LogP contribution in [0.4, 0.5) is 17.3 Å². The summed E-state index contributed by atoms with van der Waals surface area (Å²) in [6.45, 7) is 4.11. The number of nitrogens with zero attached hydrogens (tertiary/aromatic N) is 2. The maximum atomic E-state index is 12.8. The molecule has 2 N–H and O–H groups in total. The lowest BCUT2D eigenvalue weighted by molar-refractivity contribution is 0.102. The molecule has 0 aliphatic carbocycles. The molecule has 0 aliphatic heterocycles. The smallest absolute Gasteiger partial charge is 0.274 e. The minimum atomic E-state index is -0.373. The molecule has 2 aromatic carbocycles. The van der Waals surface area contributed by atoms with Gasteiger partial charge in [0.05, 0.1) is 19.9 Å². The van der Waals surface area contributed by atoms with E-state index in [1.54, 1.807) is 37.6 Å². The van der Waals surface area contributed by atoms with Gasteiger partial charge in [0.25, 0.3) is 5.91 Å². The van der Waals surface area contributed by atoms with Crippen LogP contribution in [0.15, 0.2) is 48.7 Å². The van der Waals surface area contributed by atoms with E-state index in [-0.39, 0.29) is 11.6 Å². The molecule has 3 rings (SSSR count). The third kappa shape index (κ3) is 4.63. The van der Waals surface area contributed by atoms with Crippen molar-refractivity contribution in [1.29, 1.82) is 0 Å². The van der Waals surface area contributed by atoms with E-state index in [1.807, 2.05) is 19.1 Å². The summed E-state index contributed by atoms with van der Waals surface area (Å²) in [5.74, 6) is 1.12. The number of rotatable bonds is 7. The van der Waals surface area contributed by atoms with Gasteiger partial charge in [-0.3, -0.25) is 4.79 Å². The zero-order chi connectivity index (χ0) is 20.8. The number of methoxy groups -OCH3 is 2. The van der Waals surface area contributed by atoms with Crippen molar-refractivity contribution in [1.82, 2.24) is 9.97 Å². The largest absolute Gasteiger partial charge is 0.497 e. The number of amides is 1. The molecule has 150 valence electrons. The van der Waals surface area contributed by atoms with Crippen LogP contribution >= 0.6 is 0 Å². The van der Waals surface area contributed by atoms with Crippen molar-refractivity contribution in [3.63, 3.8) is 0 Å². The van der Waals surface area contributed by atoms with Crippen molar-refractivity contribution in [2.75, 3.05) is 24.9 Å². The quantitative estimate of drug-likeness (QED) is 0.621. The fourth-order valence-electron chi connectivity index (χ4n) is 2.96. The number of anilines is 3. The minimum absolute atomic E-state index is 0.235. The second kappa shape index (κ2) is 9.05. The van der Waals surface area contributed by atoms with Gasteiger partial charge < -0.3 is 20.1 Å². The topological polar surface area (TPSA) is 85.4 Å². The number of hydrogen-bond donors (Lipinski definition) is 2.